The molecule has 2 aromatic heterocycles. The first-order valence-corrected chi connectivity index (χ1v) is 7.62. The first-order chi connectivity index (χ1) is 11.3. The number of fused-ring (bicyclic) bond motifs is 1. The summed E-state index contributed by atoms with van der Waals surface area (Å²) in [6.07, 6.45) is 5.48. The summed E-state index contributed by atoms with van der Waals surface area (Å²) in [6.45, 7) is 0.741. The van der Waals surface area contributed by atoms with Crippen molar-refractivity contribution >= 4 is 5.91 Å². The van der Waals surface area contributed by atoms with E-state index >= 15 is 0 Å². The van der Waals surface area contributed by atoms with Gasteiger partial charge in [0.1, 0.15) is 5.82 Å². The van der Waals surface area contributed by atoms with Crippen molar-refractivity contribution in [1.82, 2.24) is 20.0 Å². The normalized spacial score (nSPS) is 16.8. The fourth-order valence-electron chi connectivity index (χ4n) is 2.86. The second-order valence-electron chi connectivity index (χ2n) is 5.65. The molecule has 0 saturated carbocycles. The molecule has 0 unspecified atom stereocenters. The molecule has 1 N–H and O–H groups in total. The molecule has 6 heteroatoms. The predicted molar refractivity (Wildman–Crippen MR) is 83.7 cm³/mol. The summed E-state index contributed by atoms with van der Waals surface area (Å²) in [5.41, 5.74) is 1.21. The lowest BCUT2D eigenvalue weighted by molar-refractivity contribution is 0.0918. The van der Waals surface area contributed by atoms with E-state index in [4.69, 9.17) is 4.52 Å². The fraction of sp³-hybridized carbons (Fsp3) is 0.235. The Morgan fingerprint density at radius 3 is 3.04 bits per heavy atom. The Balaban J connectivity index is 1.45. The van der Waals surface area contributed by atoms with Crippen LogP contribution in [0.3, 0.4) is 0 Å². The monoisotopic (exact) mass is 308 g/mol. The largest absolute Gasteiger partial charge is 0.355 e. The molecule has 0 saturated heterocycles. The second kappa shape index (κ2) is 5.72. The van der Waals surface area contributed by atoms with Gasteiger partial charge in [-0.2, -0.15) is 0 Å². The van der Waals surface area contributed by atoms with Gasteiger partial charge in [-0.25, -0.2) is 4.98 Å². The van der Waals surface area contributed by atoms with Crippen molar-refractivity contribution in [1.29, 1.82) is 0 Å². The lowest BCUT2D eigenvalue weighted by atomic mass is 10.1. The maximum absolute atomic E-state index is 12.3. The van der Waals surface area contributed by atoms with Crippen LogP contribution in [0.15, 0.2) is 53.3 Å². The molecule has 0 fully saturated rings. The van der Waals surface area contributed by atoms with Crippen LogP contribution in [0.2, 0.25) is 0 Å². The summed E-state index contributed by atoms with van der Waals surface area (Å²) in [4.78, 5) is 16.6. The van der Waals surface area contributed by atoms with Crippen molar-refractivity contribution in [3.05, 3.63) is 60.3 Å². The van der Waals surface area contributed by atoms with Crippen LogP contribution in [0, 0.1) is 0 Å². The van der Waals surface area contributed by atoms with E-state index in [1.54, 1.807) is 12.3 Å². The standard InChI is InChI=1S/C17H16N4O2/c22-17(19-13-6-7-16-18-8-9-21(16)11-13)14-10-15(23-20-14)12-4-2-1-3-5-12/h1-5,8-10,13H,6-7,11H2,(H,19,22)/t13-/m0/s1. The van der Waals surface area contributed by atoms with Crippen molar-refractivity contribution in [2.45, 2.75) is 25.4 Å². The van der Waals surface area contributed by atoms with Crippen LogP contribution in [0.5, 0.6) is 0 Å². The van der Waals surface area contributed by atoms with Crippen LogP contribution in [0.4, 0.5) is 0 Å². The molecule has 1 amide bonds. The highest BCUT2D eigenvalue weighted by atomic mass is 16.5. The summed E-state index contributed by atoms with van der Waals surface area (Å²) in [5.74, 6) is 1.46. The van der Waals surface area contributed by atoms with Crippen molar-refractivity contribution in [3.8, 4) is 11.3 Å². The Morgan fingerprint density at radius 2 is 2.17 bits per heavy atom. The van der Waals surface area contributed by atoms with Crippen molar-refractivity contribution < 1.29 is 9.32 Å². The van der Waals surface area contributed by atoms with E-state index in [-0.39, 0.29) is 11.9 Å². The highest BCUT2D eigenvalue weighted by molar-refractivity contribution is 5.93. The van der Waals surface area contributed by atoms with E-state index in [0.717, 1.165) is 30.8 Å². The molecule has 1 atom stereocenters. The zero-order chi connectivity index (χ0) is 15.6. The number of nitrogens with one attached hydrogen (secondary N) is 1. The van der Waals surface area contributed by atoms with Crippen LogP contribution >= 0.6 is 0 Å². The predicted octanol–water partition coefficient (Wildman–Crippen LogP) is 2.28. The third-order valence-electron chi connectivity index (χ3n) is 4.07. The number of carbonyl (C=O) groups is 1. The zero-order valence-corrected chi connectivity index (χ0v) is 12.5. The summed E-state index contributed by atoms with van der Waals surface area (Å²) in [5, 5.41) is 6.91. The van der Waals surface area contributed by atoms with Crippen LogP contribution in [0.25, 0.3) is 11.3 Å². The molecule has 23 heavy (non-hydrogen) atoms. The number of carbonyl (C=O) groups excluding carboxylic acids is 1. The minimum atomic E-state index is -0.204. The van der Waals surface area contributed by atoms with Gasteiger partial charge < -0.3 is 14.4 Å². The lowest BCUT2D eigenvalue weighted by Gasteiger charge is -2.24. The van der Waals surface area contributed by atoms with Gasteiger partial charge in [-0.3, -0.25) is 4.79 Å². The highest BCUT2D eigenvalue weighted by Gasteiger charge is 2.22. The first-order valence-electron chi connectivity index (χ1n) is 7.62. The third kappa shape index (κ3) is 2.75. The summed E-state index contributed by atoms with van der Waals surface area (Å²) >= 11 is 0. The molecule has 6 nitrogen and oxygen atoms in total. The maximum atomic E-state index is 12.3. The number of aromatic nitrogens is 3. The van der Waals surface area contributed by atoms with E-state index < -0.39 is 0 Å². The number of benzene rings is 1. The van der Waals surface area contributed by atoms with Gasteiger partial charge in [0.05, 0.1) is 0 Å². The van der Waals surface area contributed by atoms with Gasteiger partial charge in [0.2, 0.25) is 0 Å². The highest BCUT2D eigenvalue weighted by Crippen LogP contribution is 2.20. The van der Waals surface area contributed by atoms with E-state index in [1.165, 1.54) is 0 Å². The van der Waals surface area contributed by atoms with E-state index in [2.05, 4.69) is 20.0 Å². The third-order valence-corrected chi connectivity index (χ3v) is 4.07. The smallest absolute Gasteiger partial charge is 0.273 e. The first kappa shape index (κ1) is 13.8. The van der Waals surface area contributed by atoms with Crippen molar-refractivity contribution in [2.75, 3.05) is 0 Å². The average molecular weight is 308 g/mol. The summed E-state index contributed by atoms with van der Waals surface area (Å²) < 4.78 is 7.35. The SMILES string of the molecule is O=C(N[C@H]1CCc2nccn2C1)c1cc(-c2ccccc2)on1. The number of hydrogen-bond acceptors (Lipinski definition) is 4. The minimum Gasteiger partial charge on any atom is -0.355 e. The maximum Gasteiger partial charge on any atom is 0.273 e. The Bertz CT molecular complexity index is 822. The molecule has 4 rings (SSSR count). The van der Waals surface area contributed by atoms with Crippen LogP contribution in [0.1, 0.15) is 22.7 Å². The summed E-state index contributed by atoms with van der Waals surface area (Å²) in [7, 11) is 0. The number of nitrogens with zero attached hydrogens (tertiary/aromatic N) is 3. The number of rotatable bonds is 3. The van der Waals surface area contributed by atoms with E-state index in [0.29, 0.717) is 11.5 Å². The van der Waals surface area contributed by atoms with Gasteiger partial charge in [0.15, 0.2) is 11.5 Å². The molecule has 1 aliphatic heterocycles. The van der Waals surface area contributed by atoms with Crippen LogP contribution in [-0.4, -0.2) is 26.7 Å². The second-order valence-corrected chi connectivity index (χ2v) is 5.65. The number of aryl methyl sites for hydroxylation is 1. The minimum absolute atomic E-state index is 0.0843. The van der Waals surface area contributed by atoms with Crippen molar-refractivity contribution in [3.63, 3.8) is 0 Å². The van der Waals surface area contributed by atoms with E-state index in [1.807, 2.05) is 36.5 Å². The number of imidazole rings is 1. The number of hydrogen-bond donors (Lipinski definition) is 1. The van der Waals surface area contributed by atoms with Gasteiger partial charge in [-0.05, 0) is 6.42 Å². The molecule has 3 heterocycles. The molecular formula is C17H16N4O2. The molecule has 0 radical (unpaired) electrons. The lowest BCUT2D eigenvalue weighted by Crippen LogP contribution is -2.41. The summed E-state index contributed by atoms with van der Waals surface area (Å²) in [6, 6.07) is 11.4. The van der Waals surface area contributed by atoms with E-state index in [9.17, 15) is 4.79 Å². The zero-order valence-electron chi connectivity index (χ0n) is 12.5. The number of amides is 1. The Kier molecular flexibility index (Phi) is 3.42. The fourth-order valence-corrected chi connectivity index (χ4v) is 2.86. The van der Waals surface area contributed by atoms with Gasteiger partial charge in [-0.15, -0.1) is 0 Å². The van der Waals surface area contributed by atoms with Gasteiger partial charge in [0.25, 0.3) is 5.91 Å². The quantitative estimate of drug-likeness (QED) is 0.805. The molecule has 1 aromatic carbocycles. The van der Waals surface area contributed by atoms with Gasteiger partial charge >= 0.3 is 0 Å². The molecular weight excluding hydrogens is 292 g/mol. The van der Waals surface area contributed by atoms with Crippen LogP contribution < -0.4 is 5.32 Å². The van der Waals surface area contributed by atoms with Crippen molar-refractivity contribution in [2.24, 2.45) is 0 Å². The molecule has 3 aromatic rings. The Hall–Kier alpha value is -2.89. The van der Waals surface area contributed by atoms with Gasteiger partial charge in [-0.1, -0.05) is 35.5 Å². The molecule has 0 aliphatic carbocycles. The van der Waals surface area contributed by atoms with Crippen LogP contribution in [-0.2, 0) is 13.0 Å². The molecule has 0 spiro atoms. The average Bonchev–Trinajstić information content (AvgIpc) is 3.24. The Labute approximate surface area is 133 Å². The molecule has 116 valence electrons. The topological polar surface area (TPSA) is 73.0 Å². The van der Waals surface area contributed by atoms with Gasteiger partial charge in [0, 0.05) is 43.0 Å². The molecule has 1 aliphatic rings. The Morgan fingerprint density at radius 1 is 1.30 bits per heavy atom. The molecule has 0 bridgehead atoms.